The average molecular weight is 336 g/mol. The standard InChI is InChI=1S/C15H18ClN5O2/c1-10-18-14(15(23)17-9-8-13(22)20(2)3)19-21(10)12-6-4-11(16)5-7-12/h4-7H,8-9H2,1-3H3,(H,17,23). The highest BCUT2D eigenvalue weighted by Crippen LogP contribution is 2.14. The minimum absolute atomic E-state index is 0.0545. The Balaban J connectivity index is 2.04. The zero-order chi connectivity index (χ0) is 17.0. The molecule has 1 aromatic heterocycles. The Labute approximate surface area is 139 Å². The number of nitrogens with zero attached hydrogens (tertiary/aromatic N) is 4. The second-order valence-corrected chi connectivity index (χ2v) is 5.60. The second-order valence-electron chi connectivity index (χ2n) is 5.16. The number of aromatic nitrogens is 3. The Morgan fingerprint density at radius 1 is 1.26 bits per heavy atom. The fourth-order valence-corrected chi connectivity index (χ4v) is 2.02. The molecule has 1 heterocycles. The van der Waals surface area contributed by atoms with Crippen LogP contribution in [0.15, 0.2) is 24.3 Å². The van der Waals surface area contributed by atoms with Gasteiger partial charge in [-0.25, -0.2) is 9.67 Å². The lowest BCUT2D eigenvalue weighted by atomic mass is 10.3. The lowest BCUT2D eigenvalue weighted by Gasteiger charge is -2.09. The molecular formula is C15H18ClN5O2. The molecule has 7 nitrogen and oxygen atoms in total. The van der Waals surface area contributed by atoms with Gasteiger partial charge in [0.2, 0.25) is 11.7 Å². The van der Waals surface area contributed by atoms with E-state index in [-0.39, 0.29) is 24.7 Å². The molecule has 23 heavy (non-hydrogen) atoms. The monoisotopic (exact) mass is 335 g/mol. The topological polar surface area (TPSA) is 80.1 Å². The molecule has 8 heteroatoms. The summed E-state index contributed by atoms with van der Waals surface area (Å²) in [6.07, 6.45) is 0.232. The Morgan fingerprint density at radius 2 is 1.91 bits per heavy atom. The van der Waals surface area contributed by atoms with Crippen LogP contribution < -0.4 is 5.32 Å². The fourth-order valence-electron chi connectivity index (χ4n) is 1.90. The summed E-state index contributed by atoms with van der Waals surface area (Å²) in [6.45, 7) is 2.00. The molecule has 2 amide bonds. The Bertz CT molecular complexity index is 709. The molecule has 0 saturated heterocycles. The molecule has 122 valence electrons. The van der Waals surface area contributed by atoms with Crippen LogP contribution in [0.4, 0.5) is 0 Å². The smallest absolute Gasteiger partial charge is 0.290 e. The number of carbonyl (C=O) groups excluding carboxylic acids is 2. The summed E-state index contributed by atoms with van der Waals surface area (Å²) in [5, 5.41) is 7.46. The number of nitrogens with one attached hydrogen (secondary N) is 1. The van der Waals surface area contributed by atoms with Crippen LogP contribution in [0.5, 0.6) is 0 Å². The van der Waals surface area contributed by atoms with Gasteiger partial charge < -0.3 is 10.2 Å². The van der Waals surface area contributed by atoms with Crippen LogP contribution in [0.25, 0.3) is 5.69 Å². The number of halogens is 1. The third kappa shape index (κ3) is 4.29. The van der Waals surface area contributed by atoms with Gasteiger partial charge in [-0.3, -0.25) is 9.59 Å². The number of benzene rings is 1. The van der Waals surface area contributed by atoms with E-state index >= 15 is 0 Å². The zero-order valence-electron chi connectivity index (χ0n) is 13.2. The summed E-state index contributed by atoms with van der Waals surface area (Å²) in [7, 11) is 3.34. The molecule has 1 aromatic carbocycles. The zero-order valence-corrected chi connectivity index (χ0v) is 14.0. The van der Waals surface area contributed by atoms with E-state index in [4.69, 9.17) is 11.6 Å². The van der Waals surface area contributed by atoms with Crippen molar-refractivity contribution in [1.29, 1.82) is 0 Å². The van der Waals surface area contributed by atoms with Crippen molar-refractivity contribution >= 4 is 23.4 Å². The summed E-state index contributed by atoms with van der Waals surface area (Å²) in [5.74, 6) is 0.185. The fraction of sp³-hybridized carbons (Fsp3) is 0.333. The molecule has 1 N–H and O–H groups in total. The van der Waals surface area contributed by atoms with Crippen LogP contribution in [0.2, 0.25) is 5.02 Å². The molecule has 0 bridgehead atoms. The summed E-state index contributed by atoms with van der Waals surface area (Å²) < 4.78 is 1.57. The van der Waals surface area contributed by atoms with E-state index in [0.717, 1.165) is 5.69 Å². The quantitative estimate of drug-likeness (QED) is 0.896. The predicted octanol–water partition coefficient (Wildman–Crippen LogP) is 1.44. The summed E-state index contributed by atoms with van der Waals surface area (Å²) in [4.78, 5) is 29.1. The van der Waals surface area contributed by atoms with E-state index in [2.05, 4.69) is 15.4 Å². The van der Waals surface area contributed by atoms with Gasteiger partial charge in [-0.15, -0.1) is 5.10 Å². The van der Waals surface area contributed by atoms with E-state index < -0.39 is 5.91 Å². The van der Waals surface area contributed by atoms with E-state index in [1.165, 1.54) is 4.90 Å². The molecule has 0 spiro atoms. The normalized spacial score (nSPS) is 10.4. The third-order valence-electron chi connectivity index (χ3n) is 3.17. The molecule has 0 saturated carbocycles. The van der Waals surface area contributed by atoms with Crippen LogP contribution in [-0.2, 0) is 4.79 Å². The molecule has 2 rings (SSSR count). The number of rotatable bonds is 5. The molecule has 2 aromatic rings. The van der Waals surface area contributed by atoms with Gasteiger partial charge in [0.15, 0.2) is 0 Å². The number of carbonyl (C=O) groups is 2. The molecule has 0 atom stereocenters. The van der Waals surface area contributed by atoms with Crippen molar-refractivity contribution in [2.24, 2.45) is 0 Å². The molecular weight excluding hydrogens is 318 g/mol. The first-order valence-corrected chi connectivity index (χ1v) is 7.44. The largest absolute Gasteiger partial charge is 0.349 e. The minimum Gasteiger partial charge on any atom is -0.349 e. The lowest BCUT2D eigenvalue weighted by molar-refractivity contribution is -0.128. The van der Waals surface area contributed by atoms with E-state index in [9.17, 15) is 9.59 Å². The summed E-state index contributed by atoms with van der Waals surface area (Å²) in [6, 6.07) is 7.07. The number of aryl methyl sites for hydroxylation is 1. The van der Waals surface area contributed by atoms with Gasteiger partial charge in [-0.1, -0.05) is 11.6 Å². The second kappa shape index (κ2) is 7.23. The van der Waals surface area contributed by atoms with Crippen LogP contribution >= 0.6 is 11.6 Å². The van der Waals surface area contributed by atoms with Crippen molar-refractivity contribution in [2.45, 2.75) is 13.3 Å². The van der Waals surface area contributed by atoms with Gasteiger partial charge in [-0.05, 0) is 31.2 Å². The van der Waals surface area contributed by atoms with Crippen molar-refractivity contribution in [1.82, 2.24) is 25.0 Å². The number of hydrogen-bond acceptors (Lipinski definition) is 4. The van der Waals surface area contributed by atoms with E-state index in [1.807, 2.05) is 0 Å². The van der Waals surface area contributed by atoms with Gasteiger partial charge in [0, 0.05) is 32.1 Å². The van der Waals surface area contributed by atoms with E-state index in [1.54, 1.807) is 50.0 Å². The van der Waals surface area contributed by atoms with Crippen molar-refractivity contribution in [3.8, 4) is 5.69 Å². The maximum Gasteiger partial charge on any atom is 0.290 e. The molecule has 0 aliphatic rings. The maximum absolute atomic E-state index is 12.1. The highest BCUT2D eigenvalue weighted by molar-refractivity contribution is 6.30. The molecule has 0 unspecified atom stereocenters. The molecule has 0 aliphatic carbocycles. The van der Waals surface area contributed by atoms with Crippen molar-refractivity contribution in [3.63, 3.8) is 0 Å². The van der Waals surface area contributed by atoms with Crippen LogP contribution in [0, 0.1) is 6.92 Å². The molecule has 0 aliphatic heterocycles. The van der Waals surface area contributed by atoms with E-state index in [0.29, 0.717) is 10.8 Å². The first-order valence-electron chi connectivity index (χ1n) is 7.06. The molecule has 0 fully saturated rings. The molecule has 0 radical (unpaired) electrons. The third-order valence-corrected chi connectivity index (χ3v) is 3.42. The summed E-state index contributed by atoms with van der Waals surface area (Å²) >= 11 is 5.86. The predicted molar refractivity (Wildman–Crippen MR) is 86.8 cm³/mol. The lowest BCUT2D eigenvalue weighted by Crippen LogP contribution is -2.30. The number of amides is 2. The highest BCUT2D eigenvalue weighted by Gasteiger charge is 2.15. The van der Waals surface area contributed by atoms with Crippen LogP contribution in [0.1, 0.15) is 22.9 Å². The highest BCUT2D eigenvalue weighted by atomic mass is 35.5. The number of hydrogen-bond donors (Lipinski definition) is 1. The van der Waals surface area contributed by atoms with Gasteiger partial charge in [0.05, 0.1) is 5.69 Å². The van der Waals surface area contributed by atoms with Gasteiger partial charge in [0.1, 0.15) is 5.82 Å². The minimum atomic E-state index is -0.410. The Kier molecular flexibility index (Phi) is 5.33. The Morgan fingerprint density at radius 3 is 2.52 bits per heavy atom. The van der Waals surface area contributed by atoms with Gasteiger partial charge in [-0.2, -0.15) is 0 Å². The SMILES string of the molecule is Cc1nc(C(=O)NCCC(=O)N(C)C)nn1-c1ccc(Cl)cc1. The maximum atomic E-state index is 12.1. The first kappa shape index (κ1) is 17.0. The van der Waals surface area contributed by atoms with Crippen LogP contribution in [0.3, 0.4) is 0 Å². The first-order chi connectivity index (χ1) is 10.9. The van der Waals surface area contributed by atoms with Gasteiger partial charge in [0.25, 0.3) is 5.91 Å². The van der Waals surface area contributed by atoms with Crippen molar-refractivity contribution in [2.75, 3.05) is 20.6 Å². The summed E-state index contributed by atoms with van der Waals surface area (Å²) in [5.41, 5.74) is 0.765. The van der Waals surface area contributed by atoms with Gasteiger partial charge >= 0.3 is 0 Å². The average Bonchev–Trinajstić information content (AvgIpc) is 2.89. The van der Waals surface area contributed by atoms with Crippen molar-refractivity contribution < 1.29 is 9.59 Å². The van der Waals surface area contributed by atoms with Crippen LogP contribution in [-0.4, -0.2) is 52.1 Å². The Hall–Kier alpha value is -2.41. The van der Waals surface area contributed by atoms with Crippen molar-refractivity contribution in [3.05, 3.63) is 40.9 Å².